The summed E-state index contributed by atoms with van der Waals surface area (Å²) in [6.07, 6.45) is 0.0170. The molecular formula is C7H15FN2. The van der Waals surface area contributed by atoms with E-state index in [1.807, 2.05) is 14.1 Å². The highest BCUT2D eigenvalue weighted by atomic mass is 19.1. The van der Waals surface area contributed by atoms with Gasteiger partial charge in [0.2, 0.25) is 0 Å². The SMILES string of the molecule is CNC1CN(C)CCC1F. The van der Waals surface area contributed by atoms with E-state index in [1.165, 1.54) is 0 Å². The summed E-state index contributed by atoms with van der Waals surface area (Å²) < 4.78 is 12.9. The van der Waals surface area contributed by atoms with Gasteiger partial charge in [0.1, 0.15) is 6.17 Å². The first-order chi connectivity index (χ1) is 4.74. The molecule has 1 N–H and O–H groups in total. The lowest BCUT2D eigenvalue weighted by molar-refractivity contribution is 0.132. The zero-order valence-electron chi connectivity index (χ0n) is 6.60. The first-order valence-corrected chi connectivity index (χ1v) is 3.74. The number of alkyl halides is 1. The van der Waals surface area contributed by atoms with Crippen molar-refractivity contribution in [2.45, 2.75) is 18.6 Å². The second kappa shape index (κ2) is 3.30. The van der Waals surface area contributed by atoms with Crippen molar-refractivity contribution in [2.75, 3.05) is 27.2 Å². The molecule has 1 rings (SSSR count). The standard InChI is InChI=1S/C7H15FN2/c1-9-7-5-10(2)4-3-6(7)8/h6-7,9H,3-5H2,1-2H3. The number of rotatable bonds is 1. The Morgan fingerprint density at radius 1 is 1.60 bits per heavy atom. The second-order valence-electron chi connectivity index (χ2n) is 2.96. The number of nitrogens with zero attached hydrogens (tertiary/aromatic N) is 1. The average molecular weight is 146 g/mol. The zero-order chi connectivity index (χ0) is 7.56. The molecule has 1 saturated heterocycles. The van der Waals surface area contributed by atoms with Gasteiger partial charge < -0.3 is 10.2 Å². The maximum absolute atomic E-state index is 12.9. The molecule has 60 valence electrons. The first-order valence-electron chi connectivity index (χ1n) is 3.74. The summed E-state index contributed by atoms with van der Waals surface area (Å²) in [4.78, 5) is 2.15. The summed E-state index contributed by atoms with van der Waals surface area (Å²) in [5, 5.41) is 2.97. The lowest BCUT2D eigenvalue weighted by atomic mass is 10.0. The lowest BCUT2D eigenvalue weighted by Gasteiger charge is -2.32. The summed E-state index contributed by atoms with van der Waals surface area (Å²) in [6.45, 7) is 1.72. The molecule has 1 fully saturated rings. The van der Waals surface area contributed by atoms with Crippen molar-refractivity contribution in [2.24, 2.45) is 0 Å². The van der Waals surface area contributed by atoms with Crippen LogP contribution in [-0.2, 0) is 0 Å². The van der Waals surface area contributed by atoms with Gasteiger partial charge in [-0.05, 0) is 20.5 Å². The number of hydrogen-bond acceptors (Lipinski definition) is 2. The van der Waals surface area contributed by atoms with E-state index in [0.717, 1.165) is 13.1 Å². The Bertz CT molecular complexity index is 108. The van der Waals surface area contributed by atoms with E-state index in [4.69, 9.17) is 0 Å². The zero-order valence-corrected chi connectivity index (χ0v) is 6.60. The average Bonchev–Trinajstić information content (AvgIpc) is 1.94. The van der Waals surface area contributed by atoms with Gasteiger partial charge in [-0.15, -0.1) is 0 Å². The fourth-order valence-electron chi connectivity index (χ4n) is 1.36. The largest absolute Gasteiger partial charge is 0.313 e. The fraction of sp³-hybridized carbons (Fsp3) is 1.00. The summed E-state index contributed by atoms with van der Waals surface area (Å²) >= 11 is 0. The quantitative estimate of drug-likeness (QED) is 0.570. The summed E-state index contributed by atoms with van der Waals surface area (Å²) in [5.74, 6) is 0. The van der Waals surface area contributed by atoms with Crippen LogP contribution >= 0.6 is 0 Å². The highest BCUT2D eigenvalue weighted by Crippen LogP contribution is 2.11. The van der Waals surface area contributed by atoms with Crippen molar-refractivity contribution in [3.05, 3.63) is 0 Å². The van der Waals surface area contributed by atoms with Gasteiger partial charge in [-0.25, -0.2) is 4.39 Å². The van der Waals surface area contributed by atoms with E-state index >= 15 is 0 Å². The normalized spacial score (nSPS) is 36.3. The van der Waals surface area contributed by atoms with Crippen molar-refractivity contribution in [3.63, 3.8) is 0 Å². The van der Waals surface area contributed by atoms with Crippen LogP contribution in [0.25, 0.3) is 0 Å². The molecule has 1 aliphatic heterocycles. The monoisotopic (exact) mass is 146 g/mol. The topological polar surface area (TPSA) is 15.3 Å². The molecule has 0 saturated carbocycles. The number of likely N-dealkylation sites (tertiary alicyclic amines) is 1. The molecule has 0 aromatic rings. The number of nitrogens with one attached hydrogen (secondary N) is 1. The van der Waals surface area contributed by atoms with Gasteiger partial charge in [-0.3, -0.25) is 0 Å². The van der Waals surface area contributed by atoms with E-state index in [9.17, 15) is 4.39 Å². The molecule has 0 aromatic carbocycles. The predicted molar refractivity (Wildman–Crippen MR) is 39.9 cm³/mol. The van der Waals surface area contributed by atoms with Gasteiger partial charge in [0.15, 0.2) is 0 Å². The van der Waals surface area contributed by atoms with Crippen molar-refractivity contribution in [1.82, 2.24) is 10.2 Å². The minimum Gasteiger partial charge on any atom is -0.313 e. The molecule has 10 heavy (non-hydrogen) atoms. The van der Waals surface area contributed by atoms with E-state index in [-0.39, 0.29) is 6.04 Å². The van der Waals surface area contributed by atoms with Crippen LogP contribution in [0.15, 0.2) is 0 Å². The third-order valence-corrected chi connectivity index (χ3v) is 2.10. The fourth-order valence-corrected chi connectivity index (χ4v) is 1.36. The van der Waals surface area contributed by atoms with Crippen LogP contribution in [0, 0.1) is 0 Å². The third-order valence-electron chi connectivity index (χ3n) is 2.10. The summed E-state index contributed by atoms with van der Waals surface area (Å²) in [5.41, 5.74) is 0. The van der Waals surface area contributed by atoms with Crippen molar-refractivity contribution in [1.29, 1.82) is 0 Å². The third kappa shape index (κ3) is 1.67. The molecule has 0 aromatic heterocycles. The maximum atomic E-state index is 12.9. The number of hydrogen-bond donors (Lipinski definition) is 1. The molecule has 0 aliphatic carbocycles. The molecule has 1 aliphatic rings. The van der Waals surface area contributed by atoms with Gasteiger partial charge >= 0.3 is 0 Å². The first kappa shape index (κ1) is 7.95. The molecule has 0 bridgehead atoms. The van der Waals surface area contributed by atoms with Crippen LogP contribution < -0.4 is 5.32 Å². The molecule has 1 heterocycles. The van der Waals surface area contributed by atoms with E-state index in [0.29, 0.717) is 6.42 Å². The molecule has 2 unspecified atom stereocenters. The Labute approximate surface area is 61.4 Å². The van der Waals surface area contributed by atoms with Crippen LogP contribution in [0.1, 0.15) is 6.42 Å². The van der Waals surface area contributed by atoms with Crippen LogP contribution in [0.4, 0.5) is 4.39 Å². The molecule has 2 nitrogen and oxygen atoms in total. The number of halogens is 1. The van der Waals surface area contributed by atoms with Crippen molar-refractivity contribution >= 4 is 0 Å². The predicted octanol–water partition coefficient (Wildman–Crippen LogP) is 0.248. The Hall–Kier alpha value is -0.150. The smallest absolute Gasteiger partial charge is 0.118 e. The Balaban J connectivity index is 2.38. The highest BCUT2D eigenvalue weighted by Gasteiger charge is 2.25. The summed E-state index contributed by atoms with van der Waals surface area (Å²) in [6, 6.07) is 0.0405. The van der Waals surface area contributed by atoms with Gasteiger partial charge in [0.05, 0.1) is 6.04 Å². The van der Waals surface area contributed by atoms with E-state index < -0.39 is 6.17 Å². The highest BCUT2D eigenvalue weighted by molar-refractivity contribution is 4.82. The van der Waals surface area contributed by atoms with E-state index in [2.05, 4.69) is 10.2 Å². The van der Waals surface area contributed by atoms with E-state index in [1.54, 1.807) is 0 Å². The number of piperidine rings is 1. The molecule has 2 atom stereocenters. The van der Waals surface area contributed by atoms with Crippen LogP contribution in [0.3, 0.4) is 0 Å². The Morgan fingerprint density at radius 2 is 2.30 bits per heavy atom. The Morgan fingerprint density at radius 3 is 2.80 bits per heavy atom. The molecule has 0 amide bonds. The molecular weight excluding hydrogens is 131 g/mol. The maximum Gasteiger partial charge on any atom is 0.118 e. The minimum absolute atomic E-state index is 0.0405. The van der Waals surface area contributed by atoms with Gasteiger partial charge in [-0.2, -0.15) is 0 Å². The lowest BCUT2D eigenvalue weighted by Crippen LogP contribution is -2.49. The molecule has 3 heteroatoms. The second-order valence-corrected chi connectivity index (χ2v) is 2.96. The van der Waals surface area contributed by atoms with Gasteiger partial charge in [0, 0.05) is 13.1 Å². The van der Waals surface area contributed by atoms with Crippen LogP contribution in [-0.4, -0.2) is 44.3 Å². The number of likely N-dealkylation sites (N-methyl/N-ethyl adjacent to an activating group) is 2. The van der Waals surface area contributed by atoms with Crippen molar-refractivity contribution in [3.8, 4) is 0 Å². The minimum atomic E-state index is -0.652. The molecule has 0 radical (unpaired) electrons. The van der Waals surface area contributed by atoms with Gasteiger partial charge in [-0.1, -0.05) is 0 Å². The van der Waals surface area contributed by atoms with Crippen molar-refractivity contribution < 1.29 is 4.39 Å². The Kier molecular flexibility index (Phi) is 2.63. The molecule has 0 spiro atoms. The van der Waals surface area contributed by atoms with Crippen LogP contribution in [0.5, 0.6) is 0 Å². The van der Waals surface area contributed by atoms with Crippen LogP contribution in [0.2, 0.25) is 0 Å². The van der Waals surface area contributed by atoms with Gasteiger partial charge in [0.25, 0.3) is 0 Å². The summed E-state index contributed by atoms with van der Waals surface area (Å²) in [7, 11) is 3.84.